The van der Waals surface area contributed by atoms with Gasteiger partial charge in [0.05, 0.1) is 28.4 Å². The minimum absolute atomic E-state index is 0.0763. The van der Waals surface area contributed by atoms with E-state index in [1.165, 1.54) is 31.0 Å². The Labute approximate surface area is 133 Å². The van der Waals surface area contributed by atoms with E-state index in [4.69, 9.17) is 5.26 Å². The Hall–Kier alpha value is -3.14. The quantitative estimate of drug-likeness (QED) is 0.688. The fourth-order valence-electron chi connectivity index (χ4n) is 2.61. The van der Waals surface area contributed by atoms with Crippen LogP contribution in [-0.4, -0.2) is 23.0 Å². The number of benzene rings is 1. The Morgan fingerprint density at radius 1 is 1.26 bits per heavy atom. The number of anilines is 3. The van der Waals surface area contributed by atoms with Crippen LogP contribution in [0.1, 0.15) is 18.4 Å². The highest BCUT2D eigenvalue weighted by atomic mass is 16.6. The first kappa shape index (κ1) is 14.8. The van der Waals surface area contributed by atoms with Crippen molar-refractivity contribution in [2.75, 3.05) is 23.3 Å². The van der Waals surface area contributed by atoms with Gasteiger partial charge in [0.2, 0.25) is 0 Å². The lowest BCUT2D eigenvalue weighted by atomic mass is 10.2. The van der Waals surface area contributed by atoms with Crippen LogP contribution in [0.15, 0.2) is 36.5 Å². The van der Waals surface area contributed by atoms with Crippen LogP contribution < -0.4 is 10.2 Å². The molecule has 0 saturated carbocycles. The summed E-state index contributed by atoms with van der Waals surface area (Å²) in [4.78, 5) is 17.2. The summed E-state index contributed by atoms with van der Waals surface area (Å²) in [7, 11) is 0. The maximum absolute atomic E-state index is 11.1. The fraction of sp³-hybridized carbons (Fsp3) is 0.250. The summed E-state index contributed by atoms with van der Waals surface area (Å²) in [6, 6.07) is 9.93. The number of rotatable bonds is 4. The molecule has 0 radical (unpaired) electrons. The summed E-state index contributed by atoms with van der Waals surface area (Å²) in [5, 5.41) is 23.0. The Kier molecular flexibility index (Phi) is 4.06. The monoisotopic (exact) mass is 309 g/mol. The van der Waals surface area contributed by atoms with Gasteiger partial charge in [0.25, 0.3) is 5.69 Å². The normalized spacial score (nSPS) is 13.6. The molecule has 116 valence electrons. The summed E-state index contributed by atoms with van der Waals surface area (Å²) in [6.07, 6.45) is 4.00. The first-order chi connectivity index (χ1) is 11.2. The molecule has 0 bridgehead atoms. The minimum atomic E-state index is -0.477. The molecule has 2 aromatic rings. The van der Waals surface area contributed by atoms with Crippen molar-refractivity contribution in [1.82, 2.24) is 4.98 Å². The molecule has 0 aliphatic carbocycles. The summed E-state index contributed by atoms with van der Waals surface area (Å²) >= 11 is 0. The first-order valence-electron chi connectivity index (χ1n) is 7.34. The molecule has 7 nitrogen and oxygen atoms in total. The van der Waals surface area contributed by atoms with Gasteiger partial charge in [-0.3, -0.25) is 10.1 Å². The topological polar surface area (TPSA) is 95.1 Å². The van der Waals surface area contributed by atoms with Gasteiger partial charge >= 0.3 is 0 Å². The number of hydrogen-bond donors (Lipinski definition) is 1. The number of nitrogens with one attached hydrogen (secondary N) is 1. The van der Waals surface area contributed by atoms with Crippen LogP contribution in [0.2, 0.25) is 0 Å². The van der Waals surface area contributed by atoms with E-state index in [2.05, 4.69) is 15.2 Å². The van der Waals surface area contributed by atoms with Gasteiger partial charge in [-0.15, -0.1) is 0 Å². The first-order valence-corrected chi connectivity index (χ1v) is 7.34. The van der Waals surface area contributed by atoms with Gasteiger partial charge in [-0.1, -0.05) is 0 Å². The maximum Gasteiger partial charge on any atom is 0.292 e. The zero-order valence-electron chi connectivity index (χ0n) is 12.4. The summed E-state index contributed by atoms with van der Waals surface area (Å²) in [5.74, 6) is 0.910. The van der Waals surface area contributed by atoms with Crippen LogP contribution >= 0.6 is 0 Å². The van der Waals surface area contributed by atoms with Gasteiger partial charge in [-0.2, -0.15) is 5.26 Å². The number of nitriles is 1. The number of hydrogen-bond acceptors (Lipinski definition) is 6. The largest absolute Gasteiger partial charge is 0.357 e. The van der Waals surface area contributed by atoms with E-state index in [1.807, 2.05) is 18.2 Å². The second kappa shape index (κ2) is 6.32. The van der Waals surface area contributed by atoms with Crippen LogP contribution in [0.5, 0.6) is 0 Å². The predicted octanol–water partition coefficient (Wildman–Crippen LogP) is 3.21. The van der Waals surface area contributed by atoms with Crippen LogP contribution in [0.25, 0.3) is 0 Å². The second-order valence-electron chi connectivity index (χ2n) is 5.33. The third kappa shape index (κ3) is 3.21. The van der Waals surface area contributed by atoms with Crippen molar-refractivity contribution in [3.8, 4) is 6.07 Å². The molecule has 3 rings (SSSR count). The highest BCUT2D eigenvalue weighted by Crippen LogP contribution is 2.29. The van der Waals surface area contributed by atoms with Crippen molar-refractivity contribution in [3.05, 3.63) is 52.2 Å². The van der Waals surface area contributed by atoms with Gasteiger partial charge in [-0.05, 0) is 37.1 Å². The van der Waals surface area contributed by atoms with Crippen LogP contribution in [-0.2, 0) is 0 Å². The zero-order chi connectivity index (χ0) is 16.2. The predicted molar refractivity (Wildman–Crippen MR) is 86.8 cm³/mol. The average molecular weight is 309 g/mol. The van der Waals surface area contributed by atoms with Gasteiger partial charge in [0, 0.05) is 19.2 Å². The molecular weight excluding hydrogens is 294 g/mol. The number of aromatic nitrogens is 1. The van der Waals surface area contributed by atoms with E-state index in [-0.39, 0.29) is 11.4 Å². The average Bonchev–Trinajstić information content (AvgIpc) is 3.09. The molecule has 1 aliphatic rings. The van der Waals surface area contributed by atoms with Crippen LogP contribution in [0, 0.1) is 21.4 Å². The van der Waals surface area contributed by atoms with E-state index >= 15 is 0 Å². The highest BCUT2D eigenvalue weighted by molar-refractivity contribution is 5.71. The summed E-state index contributed by atoms with van der Waals surface area (Å²) in [6.45, 7) is 2.02. The molecule has 0 spiro atoms. The zero-order valence-corrected chi connectivity index (χ0v) is 12.4. The molecule has 1 aromatic heterocycles. The number of pyridine rings is 1. The van der Waals surface area contributed by atoms with E-state index in [9.17, 15) is 10.1 Å². The van der Waals surface area contributed by atoms with Crippen LogP contribution in [0.3, 0.4) is 0 Å². The number of nitro groups is 1. The Morgan fingerprint density at radius 2 is 2.04 bits per heavy atom. The van der Waals surface area contributed by atoms with E-state index < -0.39 is 4.92 Å². The Bertz CT molecular complexity index is 761. The van der Waals surface area contributed by atoms with Gasteiger partial charge in [0.1, 0.15) is 11.5 Å². The lowest BCUT2D eigenvalue weighted by Gasteiger charge is -2.16. The molecule has 23 heavy (non-hydrogen) atoms. The SMILES string of the molecule is N#Cc1ccc([N+](=O)[O-])c(Nc2ccc(N3CCCC3)nc2)c1. The Balaban J connectivity index is 1.83. The summed E-state index contributed by atoms with van der Waals surface area (Å²) < 4.78 is 0. The van der Waals surface area contributed by atoms with Crippen molar-refractivity contribution in [3.63, 3.8) is 0 Å². The standard InChI is InChI=1S/C16H15N5O2/c17-10-12-3-5-15(21(22)23)14(9-12)19-13-4-6-16(18-11-13)20-7-1-2-8-20/h3-6,9,11,19H,1-2,7-8H2. The third-order valence-corrected chi connectivity index (χ3v) is 3.78. The van der Waals surface area contributed by atoms with Gasteiger partial charge in [0.15, 0.2) is 0 Å². The molecular formula is C16H15N5O2. The molecule has 7 heteroatoms. The van der Waals surface area contributed by atoms with Crippen molar-refractivity contribution in [2.45, 2.75) is 12.8 Å². The highest BCUT2D eigenvalue weighted by Gasteiger charge is 2.16. The lowest BCUT2D eigenvalue weighted by Crippen LogP contribution is -2.18. The molecule has 2 heterocycles. The molecule has 1 fully saturated rings. The summed E-state index contributed by atoms with van der Waals surface area (Å²) in [5.41, 5.74) is 1.21. The van der Waals surface area contributed by atoms with E-state index in [0.29, 0.717) is 11.3 Å². The second-order valence-corrected chi connectivity index (χ2v) is 5.33. The molecule has 1 aliphatic heterocycles. The third-order valence-electron chi connectivity index (χ3n) is 3.78. The fourth-order valence-corrected chi connectivity index (χ4v) is 2.61. The van der Waals surface area contributed by atoms with E-state index in [1.54, 1.807) is 6.20 Å². The van der Waals surface area contributed by atoms with Crippen molar-refractivity contribution in [1.29, 1.82) is 5.26 Å². The number of nitrogens with zero attached hydrogens (tertiary/aromatic N) is 4. The number of nitro benzene ring substituents is 1. The van der Waals surface area contributed by atoms with Gasteiger partial charge in [-0.25, -0.2) is 4.98 Å². The molecule has 1 aromatic carbocycles. The minimum Gasteiger partial charge on any atom is -0.357 e. The molecule has 0 atom stereocenters. The molecule has 1 N–H and O–H groups in total. The molecule has 0 unspecified atom stereocenters. The Morgan fingerprint density at radius 3 is 2.65 bits per heavy atom. The van der Waals surface area contributed by atoms with Gasteiger partial charge < -0.3 is 10.2 Å². The van der Waals surface area contributed by atoms with Crippen LogP contribution in [0.4, 0.5) is 22.9 Å². The molecule has 0 amide bonds. The van der Waals surface area contributed by atoms with Crippen molar-refractivity contribution >= 4 is 22.9 Å². The lowest BCUT2D eigenvalue weighted by molar-refractivity contribution is -0.383. The maximum atomic E-state index is 11.1. The molecule has 1 saturated heterocycles. The smallest absolute Gasteiger partial charge is 0.292 e. The van der Waals surface area contributed by atoms with E-state index in [0.717, 1.165) is 18.9 Å². The van der Waals surface area contributed by atoms with Crippen molar-refractivity contribution in [2.24, 2.45) is 0 Å². The van der Waals surface area contributed by atoms with Crippen molar-refractivity contribution < 1.29 is 4.92 Å².